The molecule has 4 atom stereocenters. The van der Waals surface area contributed by atoms with E-state index in [1.165, 1.54) is 0 Å². The molecule has 0 saturated carbocycles. The van der Waals surface area contributed by atoms with Crippen molar-refractivity contribution in [2.45, 2.75) is 30.6 Å². The van der Waals surface area contributed by atoms with Crippen molar-refractivity contribution in [1.82, 2.24) is 5.32 Å². The highest BCUT2D eigenvalue weighted by Gasteiger charge is 2.43. The van der Waals surface area contributed by atoms with Crippen molar-refractivity contribution in [3.8, 4) is 0 Å². The maximum absolute atomic E-state index is 11.9. The smallest absolute Gasteiger partial charge is 0.478 e. The number of carboxylic acid groups (broad SMARTS) is 1. The van der Waals surface area contributed by atoms with Crippen LogP contribution in [0.1, 0.15) is 28.4 Å². The number of morpholine rings is 1. The van der Waals surface area contributed by atoms with Gasteiger partial charge in [0.25, 0.3) is 0 Å². The van der Waals surface area contributed by atoms with Crippen molar-refractivity contribution in [3.63, 3.8) is 0 Å². The molecule has 1 aliphatic rings. The van der Waals surface area contributed by atoms with E-state index in [1.807, 2.05) is 43.3 Å². The molecule has 6 nitrogen and oxygen atoms in total. The van der Waals surface area contributed by atoms with Crippen molar-refractivity contribution in [3.05, 3.63) is 71.3 Å². The molecule has 0 aliphatic carbocycles. The predicted molar refractivity (Wildman–Crippen MR) is 102 cm³/mol. The summed E-state index contributed by atoms with van der Waals surface area (Å²) < 4.78 is 17.9. The van der Waals surface area contributed by atoms with E-state index >= 15 is 0 Å². The second-order valence-electron chi connectivity index (χ2n) is 7.01. The van der Waals surface area contributed by atoms with Gasteiger partial charge in [0.15, 0.2) is 0 Å². The molecule has 7 heteroatoms. The Labute approximate surface area is 159 Å². The number of rotatable bonds is 6. The minimum absolute atomic E-state index is 0.220. The van der Waals surface area contributed by atoms with E-state index in [-0.39, 0.29) is 12.2 Å². The molecule has 0 bridgehead atoms. The van der Waals surface area contributed by atoms with Gasteiger partial charge in [-0.3, -0.25) is 0 Å². The normalized spacial score (nSPS) is 24.2. The Morgan fingerprint density at radius 2 is 2.04 bits per heavy atom. The number of hydrogen-bond acceptors (Lipinski definition) is 4. The molecule has 27 heavy (non-hydrogen) atoms. The van der Waals surface area contributed by atoms with Crippen LogP contribution in [0.2, 0.25) is 0 Å². The number of ether oxygens (including phenoxy) is 1. The van der Waals surface area contributed by atoms with Crippen LogP contribution in [0.3, 0.4) is 0 Å². The van der Waals surface area contributed by atoms with Gasteiger partial charge in [-0.2, -0.15) is 4.89 Å². The van der Waals surface area contributed by atoms with Crippen LogP contribution in [0, 0.1) is 0 Å². The first kappa shape index (κ1) is 19.6. The molecule has 1 heterocycles. The summed E-state index contributed by atoms with van der Waals surface area (Å²) in [5.41, 5.74) is 0.961. The predicted octanol–water partition coefficient (Wildman–Crippen LogP) is 2.93. The Kier molecular flexibility index (Phi) is 6.02. The highest BCUT2D eigenvalue weighted by atomic mass is 31.1. The fraction of sp³-hybridized carbons (Fsp3) is 0.350. The monoisotopic (exact) mass is 388 g/mol. The summed E-state index contributed by atoms with van der Waals surface area (Å²) in [6.45, 7) is 2.64. The summed E-state index contributed by atoms with van der Waals surface area (Å²) in [7, 11) is -2.40. The van der Waals surface area contributed by atoms with Crippen molar-refractivity contribution in [2.75, 3.05) is 13.2 Å². The largest absolute Gasteiger partial charge is 0.511 e. The van der Waals surface area contributed by atoms with Crippen LogP contribution in [0.5, 0.6) is 0 Å². The van der Waals surface area contributed by atoms with Crippen molar-refractivity contribution in [1.29, 1.82) is 0 Å². The first-order chi connectivity index (χ1) is 12.9. The fourth-order valence-corrected chi connectivity index (χ4v) is 4.19. The second-order valence-corrected chi connectivity index (χ2v) is 8.28. The van der Waals surface area contributed by atoms with Gasteiger partial charge in [-0.15, -0.1) is 0 Å². The fourth-order valence-electron chi connectivity index (χ4n) is 3.34. The summed E-state index contributed by atoms with van der Waals surface area (Å²) >= 11 is 0. The Morgan fingerprint density at radius 1 is 1.30 bits per heavy atom. The molecule has 2 unspecified atom stereocenters. The lowest BCUT2D eigenvalue weighted by Crippen LogP contribution is -2.55. The zero-order valence-electron chi connectivity index (χ0n) is 15.0. The average molecular weight is 388 g/mol. The molecule has 0 aromatic heterocycles. The molecule has 3 N–H and O–H groups in total. The number of aromatic carboxylic acids is 1. The van der Waals surface area contributed by atoms with Gasteiger partial charge in [0.05, 0.1) is 17.7 Å². The number of carboxylic acids is 1. The van der Waals surface area contributed by atoms with E-state index in [0.29, 0.717) is 13.0 Å². The van der Waals surface area contributed by atoms with Crippen molar-refractivity contribution >= 4 is 14.0 Å². The SMILES string of the molecule is C[C@@]1(c2cccc(C(=O)O)c2)CO[C@@H](C(Cc2ccccc2)[P+](=O)O)CN1. The van der Waals surface area contributed by atoms with Gasteiger partial charge in [-0.05, 0) is 34.7 Å². The lowest BCUT2D eigenvalue weighted by Gasteiger charge is -2.39. The van der Waals surface area contributed by atoms with Crippen LogP contribution in [0.25, 0.3) is 0 Å². The molecule has 0 amide bonds. The molecule has 0 spiro atoms. The Balaban J connectivity index is 1.72. The highest BCUT2D eigenvalue weighted by Crippen LogP contribution is 2.34. The second kappa shape index (κ2) is 8.28. The molecule has 1 aliphatic heterocycles. The molecular formula is C20H23NO5P+. The molecule has 0 radical (unpaired) electrons. The molecule has 142 valence electrons. The van der Waals surface area contributed by atoms with Gasteiger partial charge in [0, 0.05) is 13.0 Å². The molecule has 3 rings (SSSR count). The third-order valence-corrected chi connectivity index (χ3v) is 6.11. The van der Waals surface area contributed by atoms with E-state index < -0.39 is 31.3 Å². The number of benzene rings is 2. The Morgan fingerprint density at radius 3 is 2.63 bits per heavy atom. The highest BCUT2D eigenvalue weighted by molar-refractivity contribution is 7.39. The quantitative estimate of drug-likeness (QED) is 0.659. The first-order valence-corrected chi connectivity index (χ1v) is 10.1. The molecule has 1 fully saturated rings. The Hall–Kier alpha value is -2.11. The lowest BCUT2D eigenvalue weighted by molar-refractivity contribution is -0.0313. The third kappa shape index (κ3) is 4.60. The maximum atomic E-state index is 11.9. The molecule has 2 aromatic carbocycles. The van der Waals surface area contributed by atoms with Crippen LogP contribution in [0.4, 0.5) is 0 Å². The van der Waals surface area contributed by atoms with E-state index in [0.717, 1.165) is 11.1 Å². The van der Waals surface area contributed by atoms with E-state index in [1.54, 1.807) is 18.2 Å². The van der Waals surface area contributed by atoms with Crippen molar-refractivity contribution in [2.24, 2.45) is 0 Å². The van der Waals surface area contributed by atoms with Crippen LogP contribution >= 0.6 is 8.03 Å². The van der Waals surface area contributed by atoms with Gasteiger partial charge in [0.1, 0.15) is 6.10 Å². The van der Waals surface area contributed by atoms with E-state index in [2.05, 4.69) is 5.32 Å². The maximum Gasteiger partial charge on any atom is 0.511 e. The zero-order valence-corrected chi connectivity index (χ0v) is 15.9. The van der Waals surface area contributed by atoms with Crippen molar-refractivity contribution < 1.29 is 24.1 Å². The van der Waals surface area contributed by atoms with Gasteiger partial charge in [0.2, 0.25) is 5.66 Å². The number of nitrogens with one attached hydrogen (secondary N) is 1. The summed E-state index contributed by atoms with van der Waals surface area (Å²) in [5.74, 6) is -0.977. The average Bonchev–Trinajstić information content (AvgIpc) is 2.68. The van der Waals surface area contributed by atoms with Gasteiger partial charge in [-0.1, -0.05) is 42.5 Å². The van der Waals surface area contributed by atoms with E-state index in [4.69, 9.17) is 4.74 Å². The number of hydrogen-bond donors (Lipinski definition) is 3. The van der Waals surface area contributed by atoms with E-state index in [9.17, 15) is 19.4 Å². The van der Waals surface area contributed by atoms with Gasteiger partial charge < -0.3 is 15.2 Å². The minimum atomic E-state index is -2.40. The van der Waals surface area contributed by atoms with Crippen LogP contribution in [-0.4, -0.2) is 40.9 Å². The first-order valence-electron chi connectivity index (χ1n) is 8.79. The minimum Gasteiger partial charge on any atom is -0.478 e. The van der Waals surface area contributed by atoms with Crippen LogP contribution in [0.15, 0.2) is 54.6 Å². The molecule has 1 saturated heterocycles. The van der Waals surface area contributed by atoms with Gasteiger partial charge in [-0.25, -0.2) is 4.79 Å². The van der Waals surface area contributed by atoms with Gasteiger partial charge >= 0.3 is 14.0 Å². The zero-order chi connectivity index (χ0) is 19.4. The summed E-state index contributed by atoms with van der Waals surface area (Å²) in [5, 5.41) is 12.6. The summed E-state index contributed by atoms with van der Waals surface area (Å²) in [4.78, 5) is 21.0. The standard InChI is InChI=1S/C20H22NO5P/c1-20(16-9-5-8-15(11-16)19(22)23)13-26-17(12-21-20)18(27(24)25)10-14-6-3-2-4-7-14/h2-9,11,17-18,21H,10,12-13H2,1H3,(H-,22,23,24,25)/p+1/t17-,18?,20+/m1/s1. The van der Waals surface area contributed by atoms with Crippen LogP contribution in [-0.2, 0) is 21.3 Å². The third-order valence-electron chi connectivity index (χ3n) is 5.03. The topological polar surface area (TPSA) is 95.9 Å². The molecular weight excluding hydrogens is 365 g/mol. The Bertz CT molecular complexity index is 818. The number of carbonyl (C=O) groups is 1. The molecule has 2 aromatic rings. The lowest BCUT2D eigenvalue weighted by atomic mass is 9.89. The summed E-state index contributed by atoms with van der Waals surface area (Å²) in [6, 6.07) is 16.3. The van der Waals surface area contributed by atoms with Crippen LogP contribution < -0.4 is 5.32 Å². The summed E-state index contributed by atoms with van der Waals surface area (Å²) in [6.07, 6.45) is 0.0685.